The normalized spacial score (nSPS) is 11.8. The molecule has 8 heteroatoms. The summed E-state index contributed by atoms with van der Waals surface area (Å²) in [5.74, 6) is 0.139. The number of ether oxygens (including phenoxy) is 1. The summed E-state index contributed by atoms with van der Waals surface area (Å²) in [4.78, 5) is 10.8. The molecule has 2 aromatic heterocycles. The monoisotopic (exact) mass is 593 g/mol. The SMILES string of the molecule is CC.Cc1cccc(C(CCCCCCCl)c2cnc(-c3cc(Oc4c(F)cc5[nH]ccc5c4CO)ccc3F)[nH]2)c1. The Labute approximate surface area is 250 Å². The van der Waals surface area contributed by atoms with Crippen molar-refractivity contribution in [3.8, 4) is 22.9 Å². The second kappa shape index (κ2) is 15.0. The van der Waals surface area contributed by atoms with Crippen LogP contribution in [0.3, 0.4) is 0 Å². The van der Waals surface area contributed by atoms with Crippen molar-refractivity contribution in [2.24, 2.45) is 0 Å². The van der Waals surface area contributed by atoms with Crippen LogP contribution in [0.1, 0.15) is 74.3 Å². The molecule has 222 valence electrons. The predicted octanol–water partition coefficient (Wildman–Crippen LogP) is 9.78. The standard InChI is InChI=1S/C32H32ClF2N3O2.C2H6/c1-20-7-6-8-21(15-20)23(9-4-2-3-5-13-33)30-18-37-32(38-30)25-16-22(10-11-27(25)34)40-31-26(19-39)24-12-14-36-29(24)17-28(31)35;1-2/h6-8,10-12,14-18,23,36,39H,2-5,9,13,19H2,1H3,(H,37,38);1-2H3. The number of rotatable bonds is 12. The maximum Gasteiger partial charge on any atom is 0.169 e. The Morgan fingerprint density at radius 2 is 1.79 bits per heavy atom. The van der Waals surface area contributed by atoms with Crippen molar-refractivity contribution >= 4 is 22.5 Å². The molecule has 5 aromatic rings. The fraction of sp³-hybridized carbons (Fsp3) is 0.324. The van der Waals surface area contributed by atoms with Gasteiger partial charge < -0.3 is 19.8 Å². The first-order valence-electron chi connectivity index (χ1n) is 14.5. The number of imidazole rings is 1. The fourth-order valence-electron chi connectivity index (χ4n) is 5.19. The highest BCUT2D eigenvalue weighted by Crippen LogP contribution is 2.37. The van der Waals surface area contributed by atoms with Gasteiger partial charge in [0.05, 0.1) is 12.2 Å². The minimum Gasteiger partial charge on any atom is -0.454 e. The van der Waals surface area contributed by atoms with Crippen LogP contribution < -0.4 is 4.74 Å². The Kier molecular flexibility index (Phi) is 11.2. The minimum atomic E-state index is -0.628. The number of hydrogen-bond donors (Lipinski definition) is 3. The smallest absolute Gasteiger partial charge is 0.169 e. The van der Waals surface area contributed by atoms with Gasteiger partial charge in [0.2, 0.25) is 0 Å². The molecule has 0 bridgehead atoms. The second-order valence-electron chi connectivity index (χ2n) is 10.1. The fourth-order valence-corrected chi connectivity index (χ4v) is 5.38. The lowest BCUT2D eigenvalue weighted by Gasteiger charge is -2.17. The Morgan fingerprint density at radius 1 is 0.976 bits per heavy atom. The number of fused-ring (bicyclic) bond motifs is 1. The molecule has 1 atom stereocenters. The van der Waals surface area contributed by atoms with Crippen LogP contribution >= 0.6 is 11.6 Å². The minimum absolute atomic E-state index is 0.0777. The summed E-state index contributed by atoms with van der Waals surface area (Å²) in [5.41, 5.74) is 4.33. The number of H-pyrrole nitrogens is 2. The van der Waals surface area contributed by atoms with E-state index >= 15 is 4.39 Å². The molecule has 3 aromatic carbocycles. The molecule has 42 heavy (non-hydrogen) atoms. The van der Waals surface area contributed by atoms with Crippen molar-refractivity contribution < 1.29 is 18.6 Å². The van der Waals surface area contributed by atoms with Gasteiger partial charge >= 0.3 is 0 Å². The molecule has 5 rings (SSSR count). The molecule has 0 spiro atoms. The van der Waals surface area contributed by atoms with Gasteiger partial charge in [0.1, 0.15) is 17.4 Å². The van der Waals surface area contributed by atoms with Crippen molar-refractivity contribution in [3.05, 3.63) is 101 Å². The number of aromatic amines is 2. The quantitative estimate of drug-likeness (QED) is 0.0995. The van der Waals surface area contributed by atoms with E-state index in [0.29, 0.717) is 28.2 Å². The summed E-state index contributed by atoms with van der Waals surface area (Å²) >= 11 is 5.84. The van der Waals surface area contributed by atoms with Gasteiger partial charge in [-0.25, -0.2) is 13.8 Å². The van der Waals surface area contributed by atoms with Crippen LogP contribution in [0.25, 0.3) is 22.3 Å². The van der Waals surface area contributed by atoms with E-state index in [1.807, 2.05) is 19.9 Å². The van der Waals surface area contributed by atoms with Crippen LogP contribution in [-0.2, 0) is 6.61 Å². The summed E-state index contributed by atoms with van der Waals surface area (Å²) in [6.45, 7) is 5.66. The van der Waals surface area contributed by atoms with Gasteiger partial charge in [0.25, 0.3) is 0 Å². The van der Waals surface area contributed by atoms with Crippen LogP contribution in [0.2, 0.25) is 0 Å². The highest BCUT2D eigenvalue weighted by Gasteiger charge is 2.20. The second-order valence-corrected chi connectivity index (χ2v) is 10.4. The average Bonchev–Trinajstić information content (AvgIpc) is 3.67. The number of nitrogens with zero attached hydrogens (tertiary/aromatic N) is 1. The van der Waals surface area contributed by atoms with Crippen LogP contribution in [-0.4, -0.2) is 25.9 Å². The lowest BCUT2D eigenvalue weighted by Crippen LogP contribution is -2.03. The number of hydrogen-bond acceptors (Lipinski definition) is 3. The molecule has 0 saturated heterocycles. The summed E-state index contributed by atoms with van der Waals surface area (Å²) in [7, 11) is 0. The van der Waals surface area contributed by atoms with E-state index in [0.717, 1.165) is 37.8 Å². The molecule has 1 unspecified atom stereocenters. The van der Waals surface area contributed by atoms with Crippen molar-refractivity contribution in [2.45, 2.75) is 65.4 Å². The van der Waals surface area contributed by atoms with Crippen LogP contribution in [0.15, 0.2) is 67.0 Å². The zero-order valence-electron chi connectivity index (χ0n) is 24.3. The number of nitrogens with one attached hydrogen (secondary N) is 2. The largest absolute Gasteiger partial charge is 0.454 e. The van der Waals surface area contributed by atoms with Gasteiger partial charge in [-0.05, 0) is 49.6 Å². The number of aliphatic hydroxyl groups excluding tert-OH is 1. The summed E-state index contributed by atoms with van der Waals surface area (Å²) < 4.78 is 35.9. The van der Waals surface area contributed by atoms with Gasteiger partial charge in [-0.1, -0.05) is 62.9 Å². The van der Waals surface area contributed by atoms with Gasteiger partial charge in [-0.15, -0.1) is 11.6 Å². The van der Waals surface area contributed by atoms with Crippen molar-refractivity contribution in [1.29, 1.82) is 0 Å². The zero-order chi connectivity index (χ0) is 30.1. The van der Waals surface area contributed by atoms with Gasteiger partial charge in [0.15, 0.2) is 11.6 Å². The van der Waals surface area contributed by atoms with Crippen LogP contribution in [0.5, 0.6) is 11.5 Å². The van der Waals surface area contributed by atoms with Gasteiger partial charge in [-0.3, -0.25) is 0 Å². The first kappa shape index (κ1) is 31.3. The molecule has 0 aliphatic heterocycles. The summed E-state index contributed by atoms with van der Waals surface area (Å²) in [6, 6.07) is 15.7. The van der Waals surface area contributed by atoms with Gasteiger partial charge in [-0.2, -0.15) is 0 Å². The molecular formula is C34H38ClF2N3O2. The number of halogens is 3. The van der Waals surface area contributed by atoms with E-state index in [-0.39, 0.29) is 23.0 Å². The number of alkyl halides is 1. The van der Waals surface area contributed by atoms with E-state index in [2.05, 4.69) is 40.1 Å². The average molecular weight is 594 g/mol. The van der Waals surface area contributed by atoms with Crippen LogP contribution in [0.4, 0.5) is 8.78 Å². The first-order chi connectivity index (χ1) is 20.5. The molecular weight excluding hydrogens is 556 g/mol. The highest BCUT2D eigenvalue weighted by atomic mass is 35.5. The number of benzene rings is 3. The molecule has 0 saturated carbocycles. The third-order valence-electron chi connectivity index (χ3n) is 7.23. The molecule has 3 N–H and O–H groups in total. The predicted molar refractivity (Wildman–Crippen MR) is 166 cm³/mol. The van der Waals surface area contributed by atoms with Crippen molar-refractivity contribution in [3.63, 3.8) is 0 Å². The molecule has 0 fully saturated rings. The zero-order valence-corrected chi connectivity index (χ0v) is 25.1. The third-order valence-corrected chi connectivity index (χ3v) is 7.50. The summed E-state index contributed by atoms with van der Waals surface area (Å²) in [5, 5.41) is 10.6. The molecule has 0 amide bonds. The summed E-state index contributed by atoms with van der Waals surface area (Å²) in [6.07, 6.45) is 8.57. The maximum absolute atomic E-state index is 15.0. The van der Waals surface area contributed by atoms with Crippen LogP contribution in [0, 0.1) is 18.6 Å². The van der Waals surface area contributed by atoms with Crippen molar-refractivity contribution in [2.75, 3.05) is 5.88 Å². The highest BCUT2D eigenvalue weighted by molar-refractivity contribution is 6.17. The van der Waals surface area contributed by atoms with E-state index in [1.165, 1.54) is 35.4 Å². The van der Waals surface area contributed by atoms with E-state index in [4.69, 9.17) is 16.3 Å². The Balaban J connectivity index is 0.00000198. The number of aryl methyl sites for hydroxylation is 1. The maximum atomic E-state index is 15.0. The first-order valence-corrected chi connectivity index (χ1v) is 15.1. The lowest BCUT2D eigenvalue weighted by atomic mass is 9.89. The molecule has 5 nitrogen and oxygen atoms in total. The molecule has 2 heterocycles. The molecule has 0 radical (unpaired) electrons. The number of unbranched alkanes of at least 4 members (excludes halogenated alkanes) is 3. The molecule has 0 aliphatic carbocycles. The number of aromatic nitrogens is 3. The van der Waals surface area contributed by atoms with E-state index in [1.54, 1.807) is 18.5 Å². The number of aliphatic hydroxyl groups is 1. The third kappa shape index (κ3) is 7.20. The Hall–Kier alpha value is -3.68. The van der Waals surface area contributed by atoms with E-state index in [9.17, 15) is 9.50 Å². The lowest BCUT2D eigenvalue weighted by molar-refractivity contribution is 0.276. The molecule has 0 aliphatic rings. The topological polar surface area (TPSA) is 73.9 Å². The van der Waals surface area contributed by atoms with E-state index < -0.39 is 18.2 Å². The van der Waals surface area contributed by atoms with Gasteiger partial charge in [0, 0.05) is 52.4 Å². The Morgan fingerprint density at radius 3 is 2.55 bits per heavy atom. The Bertz CT molecular complexity index is 1600. The van der Waals surface area contributed by atoms with Crippen molar-refractivity contribution in [1.82, 2.24) is 15.0 Å².